The second-order valence-corrected chi connectivity index (χ2v) is 2.88. The van der Waals surface area contributed by atoms with Gasteiger partial charge in [0.15, 0.2) is 0 Å². The average Bonchev–Trinajstić information content (AvgIpc) is 2.09. The van der Waals surface area contributed by atoms with Crippen LogP contribution in [-0.2, 0) is 6.54 Å². The molecule has 0 radical (unpaired) electrons. The first-order valence-corrected chi connectivity index (χ1v) is 3.48. The van der Waals surface area contributed by atoms with Gasteiger partial charge in [0, 0.05) is 6.54 Å². The number of aromatic amines is 2. The van der Waals surface area contributed by atoms with Crippen molar-refractivity contribution in [2.75, 3.05) is 0 Å². The smallest absolute Gasteiger partial charge is 0.257 e. The molecule has 1 rings (SSSR count). The third-order valence-corrected chi connectivity index (χ3v) is 1.25. The lowest BCUT2D eigenvalue weighted by molar-refractivity contribution is 0.469. The Kier molecular flexibility index (Phi) is 1.98. The zero-order chi connectivity index (χ0) is 8.43. The van der Waals surface area contributed by atoms with Crippen LogP contribution in [0.4, 0.5) is 0 Å². The molecule has 0 atom stereocenters. The van der Waals surface area contributed by atoms with E-state index in [0.717, 1.165) is 0 Å². The Balaban J connectivity index is 2.95. The standard InChI is InChI=1S/C6H11N3O2/c1-4(2)3-9-6(11)7-5(10)8-9/h4H,3H2,1-2H3,(H2,7,8,10,11). The van der Waals surface area contributed by atoms with E-state index in [-0.39, 0.29) is 5.69 Å². The van der Waals surface area contributed by atoms with Gasteiger partial charge in [-0.2, -0.15) is 0 Å². The first-order chi connectivity index (χ1) is 5.09. The highest BCUT2D eigenvalue weighted by atomic mass is 16.2. The highest BCUT2D eigenvalue weighted by Gasteiger charge is 2.00. The molecule has 5 nitrogen and oxygen atoms in total. The van der Waals surface area contributed by atoms with Crippen molar-refractivity contribution >= 4 is 0 Å². The fourth-order valence-electron chi connectivity index (χ4n) is 0.860. The predicted octanol–water partition coefficient (Wildman–Crippen LogP) is -0.479. The number of nitrogens with zero attached hydrogens (tertiary/aromatic N) is 1. The minimum absolute atomic E-state index is 0.346. The molecule has 11 heavy (non-hydrogen) atoms. The van der Waals surface area contributed by atoms with Crippen molar-refractivity contribution in [3.05, 3.63) is 21.0 Å². The summed E-state index contributed by atoms with van der Waals surface area (Å²) >= 11 is 0. The van der Waals surface area contributed by atoms with Crippen LogP contribution in [0.1, 0.15) is 13.8 Å². The number of hydrogen-bond acceptors (Lipinski definition) is 2. The van der Waals surface area contributed by atoms with E-state index in [4.69, 9.17) is 0 Å². The third-order valence-electron chi connectivity index (χ3n) is 1.25. The van der Waals surface area contributed by atoms with Crippen LogP contribution in [0.5, 0.6) is 0 Å². The molecule has 2 N–H and O–H groups in total. The van der Waals surface area contributed by atoms with Crippen molar-refractivity contribution in [2.45, 2.75) is 20.4 Å². The van der Waals surface area contributed by atoms with Crippen molar-refractivity contribution in [1.82, 2.24) is 14.8 Å². The largest absolute Gasteiger partial charge is 0.344 e. The van der Waals surface area contributed by atoms with Crippen molar-refractivity contribution < 1.29 is 0 Å². The van der Waals surface area contributed by atoms with Crippen LogP contribution in [0.25, 0.3) is 0 Å². The molecule has 0 spiro atoms. The van der Waals surface area contributed by atoms with Crippen molar-refractivity contribution in [3.63, 3.8) is 0 Å². The molecular formula is C6H11N3O2. The monoisotopic (exact) mass is 157 g/mol. The quantitative estimate of drug-likeness (QED) is 0.608. The van der Waals surface area contributed by atoms with Gasteiger partial charge >= 0.3 is 11.4 Å². The lowest BCUT2D eigenvalue weighted by Gasteiger charge is -2.01. The van der Waals surface area contributed by atoms with Gasteiger partial charge in [0.05, 0.1) is 0 Å². The van der Waals surface area contributed by atoms with Gasteiger partial charge in [0.25, 0.3) is 0 Å². The summed E-state index contributed by atoms with van der Waals surface area (Å²) in [6.45, 7) is 4.48. The molecule has 62 valence electrons. The van der Waals surface area contributed by atoms with Gasteiger partial charge in [-0.25, -0.2) is 19.4 Å². The first-order valence-electron chi connectivity index (χ1n) is 3.48. The molecule has 0 fully saturated rings. The molecule has 0 aliphatic rings. The van der Waals surface area contributed by atoms with Gasteiger partial charge in [-0.1, -0.05) is 13.8 Å². The van der Waals surface area contributed by atoms with Gasteiger partial charge in [0.2, 0.25) is 0 Å². The highest BCUT2D eigenvalue weighted by molar-refractivity contribution is 4.62. The molecule has 0 aromatic carbocycles. The number of aromatic nitrogens is 3. The van der Waals surface area contributed by atoms with Crippen molar-refractivity contribution in [3.8, 4) is 0 Å². The number of H-pyrrole nitrogens is 2. The predicted molar refractivity (Wildman–Crippen MR) is 40.5 cm³/mol. The summed E-state index contributed by atoms with van der Waals surface area (Å²) < 4.78 is 1.27. The lowest BCUT2D eigenvalue weighted by atomic mass is 10.2. The van der Waals surface area contributed by atoms with E-state index in [1.54, 1.807) is 0 Å². The highest BCUT2D eigenvalue weighted by Crippen LogP contribution is 1.91. The van der Waals surface area contributed by atoms with Crippen LogP contribution in [0, 0.1) is 5.92 Å². The Morgan fingerprint density at radius 3 is 2.45 bits per heavy atom. The first kappa shape index (κ1) is 7.84. The molecule has 0 bridgehead atoms. The van der Waals surface area contributed by atoms with Gasteiger partial charge in [-0.15, -0.1) is 0 Å². The molecule has 1 aromatic heterocycles. The minimum atomic E-state index is -0.448. The maximum absolute atomic E-state index is 10.9. The normalized spacial score (nSPS) is 10.8. The molecular weight excluding hydrogens is 146 g/mol. The zero-order valence-corrected chi connectivity index (χ0v) is 6.55. The molecule has 1 heterocycles. The maximum Gasteiger partial charge on any atom is 0.344 e. The van der Waals surface area contributed by atoms with Crippen LogP contribution in [0.2, 0.25) is 0 Å². The van der Waals surface area contributed by atoms with Gasteiger partial charge in [-0.05, 0) is 5.92 Å². The summed E-state index contributed by atoms with van der Waals surface area (Å²) in [5, 5.41) is 2.37. The average molecular weight is 157 g/mol. The van der Waals surface area contributed by atoms with E-state index < -0.39 is 5.69 Å². The Hall–Kier alpha value is -1.26. The van der Waals surface area contributed by atoms with Gasteiger partial charge in [-0.3, -0.25) is 4.98 Å². The van der Waals surface area contributed by atoms with Crippen LogP contribution in [0.3, 0.4) is 0 Å². The zero-order valence-electron chi connectivity index (χ0n) is 6.55. The van der Waals surface area contributed by atoms with Crippen LogP contribution < -0.4 is 11.4 Å². The van der Waals surface area contributed by atoms with E-state index in [9.17, 15) is 9.59 Å². The van der Waals surface area contributed by atoms with Crippen molar-refractivity contribution in [2.24, 2.45) is 5.92 Å². The molecule has 0 amide bonds. The van der Waals surface area contributed by atoms with E-state index >= 15 is 0 Å². The molecule has 5 heteroatoms. The molecule has 0 aliphatic carbocycles. The third kappa shape index (κ3) is 1.83. The SMILES string of the molecule is CC(C)Cn1[nH]c(=O)[nH]c1=O. The molecule has 0 saturated carbocycles. The molecule has 0 saturated heterocycles. The second kappa shape index (κ2) is 2.77. The number of rotatable bonds is 2. The summed E-state index contributed by atoms with van der Waals surface area (Å²) in [5.74, 6) is 0.346. The Morgan fingerprint density at radius 1 is 1.45 bits per heavy atom. The summed E-state index contributed by atoms with van der Waals surface area (Å²) in [6, 6.07) is 0. The summed E-state index contributed by atoms with van der Waals surface area (Å²) in [7, 11) is 0. The van der Waals surface area contributed by atoms with E-state index in [1.807, 2.05) is 13.8 Å². The Bertz CT molecular complexity index is 330. The maximum atomic E-state index is 10.9. The fourth-order valence-corrected chi connectivity index (χ4v) is 0.860. The van der Waals surface area contributed by atoms with E-state index in [2.05, 4.69) is 10.1 Å². The van der Waals surface area contributed by atoms with Gasteiger partial charge < -0.3 is 0 Å². The number of nitrogens with one attached hydrogen (secondary N) is 2. The van der Waals surface area contributed by atoms with E-state index in [0.29, 0.717) is 12.5 Å². The lowest BCUT2D eigenvalue weighted by Crippen LogP contribution is -2.20. The fraction of sp³-hybridized carbons (Fsp3) is 0.667. The molecule has 0 aliphatic heterocycles. The molecule has 0 unspecified atom stereocenters. The summed E-state index contributed by atoms with van der Waals surface area (Å²) in [5.41, 5.74) is -0.820. The van der Waals surface area contributed by atoms with Gasteiger partial charge in [0.1, 0.15) is 0 Å². The van der Waals surface area contributed by atoms with Crippen molar-refractivity contribution in [1.29, 1.82) is 0 Å². The van der Waals surface area contributed by atoms with E-state index in [1.165, 1.54) is 4.68 Å². The van der Waals surface area contributed by atoms with Crippen LogP contribution in [0.15, 0.2) is 9.59 Å². The Morgan fingerprint density at radius 2 is 2.09 bits per heavy atom. The topological polar surface area (TPSA) is 70.7 Å². The van der Waals surface area contributed by atoms with Crippen LogP contribution >= 0.6 is 0 Å². The number of hydrogen-bond donors (Lipinski definition) is 2. The Labute approximate surface area is 63.0 Å². The molecule has 1 aromatic rings. The summed E-state index contributed by atoms with van der Waals surface area (Å²) in [6.07, 6.45) is 0. The second-order valence-electron chi connectivity index (χ2n) is 2.88. The minimum Gasteiger partial charge on any atom is -0.257 e. The summed E-state index contributed by atoms with van der Waals surface area (Å²) in [4.78, 5) is 23.5. The van der Waals surface area contributed by atoms with Crippen LogP contribution in [-0.4, -0.2) is 14.8 Å².